The first-order chi connectivity index (χ1) is 10.9. The van der Waals surface area contributed by atoms with Crippen LogP contribution in [0.3, 0.4) is 0 Å². The molecule has 0 radical (unpaired) electrons. The molecule has 0 fully saturated rings. The predicted molar refractivity (Wildman–Crippen MR) is 80.7 cm³/mol. The van der Waals surface area contributed by atoms with Crippen LogP contribution in [0.15, 0.2) is 23.2 Å². The zero-order valence-corrected chi connectivity index (χ0v) is 13.1. The minimum absolute atomic E-state index is 0.0825. The zero-order chi connectivity index (χ0) is 17.3. The number of halogens is 4. The zero-order valence-electron chi connectivity index (χ0n) is 13.1. The van der Waals surface area contributed by atoms with E-state index in [0.717, 1.165) is 12.1 Å². The van der Waals surface area contributed by atoms with E-state index in [1.54, 1.807) is 0 Å². The summed E-state index contributed by atoms with van der Waals surface area (Å²) < 4.78 is 57.0. The summed E-state index contributed by atoms with van der Waals surface area (Å²) >= 11 is 0. The first-order valence-electron chi connectivity index (χ1n) is 7.34. The molecule has 8 heteroatoms. The molecule has 1 aromatic carbocycles. The minimum atomic E-state index is -4.62. The van der Waals surface area contributed by atoms with E-state index < -0.39 is 17.6 Å². The van der Waals surface area contributed by atoms with Crippen molar-refractivity contribution in [3.63, 3.8) is 0 Å². The van der Waals surface area contributed by atoms with Crippen LogP contribution in [0.4, 0.5) is 17.6 Å². The van der Waals surface area contributed by atoms with Gasteiger partial charge in [-0.3, -0.25) is 0 Å². The molecule has 0 saturated carbocycles. The van der Waals surface area contributed by atoms with Crippen LogP contribution >= 0.6 is 0 Å². The Hall–Kier alpha value is -1.83. The summed E-state index contributed by atoms with van der Waals surface area (Å²) in [5, 5.41) is 5.88. The van der Waals surface area contributed by atoms with E-state index in [1.807, 2.05) is 13.8 Å². The number of hydrogen-bond acceptors (Lipinski definition) is 2. The van der Waals surface area contributed by atoms with Gasteiger partial charge in [0.25, 0.3) is 0 Å². The van der Waals surface area contributed by atoms with Gasteiger partial charge >= 0.3 is 6.18 Å². The lowest BCUT2D eigenvalue weighted by atomic mass is 10.1. The van der Waals surface area contributed by atoms with E-state index in [0.29, 0.717) is 38.3 Å². The molecule has 0 bridgehead atoms. The fourth-order valence-electron chi connectivity index (χ4n) is 1.84. The molecule has 1 rings (SSSR count). The Balaban J connectivity index is 2.82. The average molecular weight is 335 g/mol. The van der Waals surface area contributed by atoms with Gasteiger partial charge in [-0.05, 0) is 31.5 Å². The topological polar surface area (TPSA) is 45.7 Å². The minimum Gasteiger partial charge on any atom is -0.380 e. The molecule has 0 atom stereocenters. The summed E-state index contributed by atoms with van der Waals surface area (Å²) in [6.45, 7) is 5.60. The second-order valence-electron chi connectivity index (χ2n) is 4.62. The van der Waals surface area contributed by atoms with E-state index >= 15 is 0 Å². The highest BCUT2D eigenvalue weighted by atomic mass is 19.4. The molecule has 0 saturated heterocycles. The first kappa shape index (κ1) is 19.2. The van der Waals surface area contributed by atoms with Gasteiger partial charge in [-0.15, -0.1) is 0 Å². The van der Waals surface area contributed by atoms with Gasteiger partial charge in [-0.1, -0.05) is 6.07 Å². The lowest BCUT2D eigenvalue weighted by Crippen LogP contribution is -2.39. The van der Waals surface area contributed by atoms with Crippen LogP contribution < -0.4 is 10.6 Å². The number of guanidine groups is 1. The summed E-state index contributed by atoms with van der Waals surface area (Å²) in [4.78, 5) is 4.10. The van der Waals surface area contributed by atoms with Crippen molar-refractivity contribution in [1.29, 1.82) is 0 Å². The number of benzene rings is 1. The monoisotopic (exact) mass is 335 g/mol. The molecule has 0 aromatic heterocycles. The molecule has 23 heavy (non-hydrogen) atoms. The molecule has 0 unspecified atom stereocenters. The second kappa shape index (κ2) is 9.34. The van der Waals surface area contributed by atoms with Crippen molar-refractivity contribution in [1.82, 2.24) is 10.6 Å². The highest BCUT2D eigenvalue weighted by molar-refractivity contribution is 5.79. The molecule has 0 aliphatic rings. The van der Waals surface area contributed by atoms with Gasteiger partial charge < -0.3 is 15.4 Å². The van der Waals surface area contributed by atoms with E-state index in [4.69, 9.17) is 4.74 Å². The fraction of sp³-hybridized carbons (Fsp3) is 0.533. The van der Waals surface area contributed by atoms with Crippen molar-refractivity contribution in [2.45, 2.75) is 26.6 Å². The molecular formula is C15H21F4N3O. The van der Waals surface area contributed by atoms with Crippen molar-refractivity contribution in [2.24, 2.45) is 4.99 Å². The fourth-order valence-corrected chi connectivity index (χ4v) is 1.84. The maximum atomic E-state index is 13.1. The first-order valence-corrected chi connectivity index (χ1v) is 7.34. The summed E-state index contributed by atoms with van der Waals surface area (Å²) in [5.74, 6) is -0.545. The molecule has 130 valence electrons. The Kier molecular flexibility index (Phi) is 7.80. The van der Waals surface area contributed by atoms with Crippen molar-refractivity contribution >= 4 is 5.96 Å². The number of rotatable bonds is 7. The van der Waals surface area contributed by atoms with E-state index in [2.05, 4.69) is 15.6 Å². The lowest BCUT2D eigenvalue weighted by Gasteiger charge is -2.14. The van der Waals surface area contributed by atoms with Crippen molar-refractivity contribution < 1.29 is 22.3 Å². The molecule has 0 aliphatic heterocycles. The number of nitrogens with zero attached hydrogens (tertiary/aromatic N) is 1. The lowest BCUT2D eigenvalue weighted by molar-refractivity contribution is -0.138. The summed E-state index contributed by atoms with van der Waals surface area (Å²) in [5.41, 5.74) is -1.09. The van der Waals surface area contributed by atoms with E-state index in [-0.39, 0.29) is 12.1 Å². The van der Waals surface area contributed by atoms with Crippen molar-refractivity contribution in [3.05, 3.63) is 35.1 Å². The Morgan fingerprint density at radius 1 is 1.22 bits per heavy atom. The van der Waals surface area contributed by atoms with Crippen LogP contribution in [-0.2, 0) is 17.5 Å². The van der Waals surface area contributed by atoms with Gasteiger partial charge in [0.15, 0.2) is 5.96 Å². The number of nitrogens with one attached hydrogen (secondary N) is 2. The third-order valence-electron chi connectivity index (χ3n) is 2.87. The maximum Gasteiger partial charge on any atom is 0.416 e. The average Bonchev–Trinajstić information content (AvgIpc) is 2.49. The van der Waals surface area contributed by atoms with E-state index in [9.17, 15) is 17.6 Å². The molecular weight excluding hydrogens is 314 g/mol. The van der Waals surface area contributed by atoms with Gasteiger partial charge in [-0.25, -0.2) is 9.38 Å². The molecule has 0 amide bonds. The van der Waals surface area contributed by atoms with Gasteiger partial charge in [0.1, 0.15) is 5.82 Å². The second-order valence-corrected chi connectivity index (χ2v) is 4.62. The van der Waals surface area contributed by atoms with Crippen molar-refractivity contribution in [3.8, 4) is 0 Å². The molecule has 0 heterocycles. The Morgan fingerprint density at radius 2 is 1.96 bits per heavy atom. The third kappa shape index (κ3) is 6.85. The number of alkyl halides is 3. The van der Waals surface area contributed by atoms with Crippen molar-refractivity contribution in [2.75, 3.05) is 26.3 Å². The summed E-state index contributed by atoms with van der Waals surface area (Å²) in [6, 6.07) is 2.58. The van der Waals surface area contributed by atoms with Gasteiger partial charge in [0.2, 0.25) is 0 Å². The molecule has 1 aromatic rings. The SMILES string of the molecule is CCNC(=NCc1ccc(F)cc1C(F)(F)F)NCCOCC. The summed E-state index contributed by atoms with van der Waals surface area (Å²) in [7, 11) is 0. The van der Waals surface area contributed by atoms with Gasteiger partial charge in [-0.2, -0.15) is 13.2 Å². The Morgan fingerprint density at radius 3 is 2.57 bits per heavy atom. The van der Waals surface area contributed by atoms with Crippen LogP contribution in [0, 0.1) is 5.82 Å². The molecule has 4 nitrogen and oxygen atoms in total. The largest absolute Gasteiger partial charge is 0.416 e. The highest BCUT2D eigenvalue weighted by Crippen LogP contribution is 2.32. The highest BCUT2D eigenvalue weighted by Gasteiger charge is 2.33. The van der Waals surface area contributed by atoms with Crippen LogP contribution in [0.25, 0.3) is 0 Å². The quantitative estimate of drug-likeness (QED) is 0.349. The molecule has 2 N–H and O–H groups in total. The van der Waals surface area contributed by atoms with Crippen LogP contribution in [0.2, 0.25) is 0 Å². The number of ether oxygens (including phenoxy) is 1. The van der Waals surface area contributed by atoms with Crippen LogP contribution in [-0.4, -0.2) is 32.3 Å². The Bertz CT molecular complexity index is 518. The number of aliphatic imine (C=N–C) groups is 1. The standard InChI is InChI=1S/C15H21F4N3O/c1-3-20-14(21-7-8-23-4-2)22-10-11-5-6-12(16)9-13(11)15(17,18)19/h5-6,9H,3-4,7-8,10H2,1-2H3,(H2,20,21,22). The molecule has 0 aliphatic carbocycles. The van der Waals surface area contributed by atoms with Crippen LogP contribution in [0.5, 0.6) is 0 Å². The van der Waals surface area contributed by atoms with Crippen LogP contribution in [0.1, 0.15) is 25.0 Å². The molecule has 0 spiro atoms. The number of hydrogen-bond donors (Lipinski definition) is 2. The van der Waals surface area contributed by atoms with Gasteiger partial charge in [0, 0.05) is 19.7 Å². The third-order valence-corrected chi connectivity index (χ3v) is 2.87. The van der Waals surface area contributed by atoms with E-state index in [1.165, 1.54) is 0 Å². The predicted octanol–water partition coefficient (Wildman–Crippen LogP) is 2.94. The van der Waals surface area contributed by atoms with Gasteiger partial charge in [0.05, 0.1) is 18.7 Å². The Labute approximate surface area is 132 Å². The smallest absolute Gasteiger partial charge is 0.380 e. The normalized spacial score (nSPS) is 12.3. The summed E-state index contributed by atoms with van der Waals surface area (Å²) in [6.07, 6.45) is -4.62. The maximum absolute atomic E-state index is 13.1.